The summed E-state index contributed by atoms with van der Waals surface area (Å²) in [5.74, 6) is -1.94. The largest absolute Gasteiger partial charge is 0.383 e. The molecule has 2 N–H and O–H groups in total. The van der Waals surface area contributed by atoms with Crippen molar-refractivity contribution < 1.29 is 18.7 Å². The Morgan fingerprint density at radius 1 is 1.35 bits per heavy atom. The van der Waals surface area contributed by atoms with E-state index in [0.29, 0.717) is 11.8 Å². The fourth-order valence-corrected chi connectivity index (χ4v) is 2.40. The van der Waals surface area contributed by atoms with Gasteiger partial charge in [-0.25, -0.2) is 8.78 Å². The minimum Gasteiger partial charge on any atom is -0.383 e. The first-order chi connectivity index (χ1) is 10.7. The lowest BCUT2D eigenvalue weighted by molar-refractivity contribution is 0.0492. The Bertz CT molecular complexity index is 708. The summed E-state index contributed by atoms with van der Waals surface area (Å²) in [6.45, 7) is 5.06. The molecule has 0 bridgehead atoms. The van der Waals surface area contributed by atoms with E-state index >= 15 is 0 Å². The normalized spacial score (nSPS) is 13.9. The molecule has 2 rings (SSSR count). The topological polar surface area (TPSA) is 54.3 Å². The fraction of sp³-hybridized carbons (Fsp3) is 0.353. The van der Waals surface area contributed by atoms with Gasteiger partial charge in [-0.15, -0.1) is 0 Å². The van der Waals surface area contributed by atoms with Crippen LogP contribution in [-0.4, -0.2) is 22.1 Å². The van der Waals surface area contributed by atoms with Crippen LogP contribution in [0.4, 0.5) is 8.78 Å². The summed E-state index contributed by atoms with van der Waals surface area (Å²) in [5, 5.41) is 13.0. The Balaban J connectivity index is 2.12. The predicted octanol–water partition coefficient (Wildman–Crippen LogP) is 2.98. The summed E-state index contributed by atoms with van der Waals surface area (Å²) in [5.41, 5.74) is -1.27. The van der Waals surface area contributed by atoms with Gasteiger partial charge in [-0.05, 0) is 39.0 Å². The van der Waals surface area contributed by atoms with Crippen molar-refractivity contribution in [3.05, 3.63) is 59.4 Å². The van der Waals surface area contributed by atoms with Gasteiger partial charge in [0.25, 0.3) is 5.91 Å². The fourth-order valence-electron chi connectivity index (χ4n) is 2.40. The minimum absolute atomic E-state index is 0.0709. The van der Waals surface area contributed by atoms with Crippen molar-refractivity contribution in [2.24, 2.45) is 0 Å². The van der Waals surface area contributed by atoms with E-state index in [9.17, 15) is 18.7 Å². The van der Waals surface area contributed by atoms with E-state index in [2.05, 4.69) is 5.32 Å². The summed E-state index contributed by atoms with van der Waals surface area (Å²) in [4.78, 5) is 12.3. The zero-order chi connectivity index (χ0) is 17.2. The van der Waals surface area contributed by atoms with Gasteiger partial charge in [0, 0.05) is 23.9 Å². The third kappa shape index (κ3) is 3.76. The van der Waals surface area contributed by atoms with Crippen molar-refractivity contribution in [3.8, 4) is 0 Å². The second-order valence-corrected chi connectivity index (χ2v) is 5.98. The molecule has 23 heavy (non-hydrogen) atoms. The molecular formula is C17H20F2N2O2. The molecule has 1 heterocycles. The van der Waals surface area contributed by atoms with Gasteiger partial charge in [-0.2, -0.15) is 0 Å². The van der Waals surface area contributed by atoms with E-state index in [1.54, 1.807) is 22.9 Å². The average molecular weight is 322 g/mol. The number of aliphatic hydroxyl groups is 1. The maximum absolute atomic E-state index is 13.8. The maximum atomic E-state index is 13.8. The van der Waals surface area contributed by atoms with Crippen LogP contribution in [0.25, 0.3) is 0 Å². The molecule has 4 nitrogen and oxygen atoms in total. The number of carbonyl (C=O) groups is 1. The van der Waals surface area contributed by atoms with Crippen LogP contribution in [0.5, 0.6) is 0 Å². The number of carbonyl (C=O) groups excluding carboxylic acids is 1. The monoisotopic (exact) mass is 322 g/mol. The molecule has 0 aliphatic carbocycles. The lowest BCUT2D eigenvalue weighted by Gasteiger charge is -2.25. The molecule has 1 aromatic carbocycles. The highest BCUT2D eigenvalue weighted by molar-refractivity contribution is 5.92. The first kappa shape index (κ1) is 17.1. The molecule has 1 unspecified atom stereocenters. The summed E-state index contributed by atoms with van der Waals surface area (Å²) in [7, 11) is 0. The average Bonchev–Trinajstić information content (AvgIpc) is 2.94. The highest BCUT2D eigenvalue weighted by Gasteiger charge is 2.28. The quantitative estimate of drug-likeness (QED) is 0.889. The van der Waals surface area contributed by atoms with E-state index < -0.39 is 17.2 Å². The lowest BCUT2D eigenvalue weighted by atomic mass is 9.95. The van der Waals surface area contributed by atoms with Crippen molar-refractivity contribution in [1.82, 2.24) is 9.88 Å². The van der Waals surface area contributed by atoms with E-state index in [-0.39, 0.29) is 24.1 Å². The van der Waals surface area contributed by atoms with Crippen LogP contribution in [0.15, 0.2) is 36.5 Å². The van der Waals surface area contributed by atoms with Gasteiger partial charge in [-0.1, -0.05) is 6.07 Å². The van der Waals surface area contributed by atoms with Gasteiger partial charge in [0.15, 0.2) is 0 Å². The third-order valence-electron chi connectivity index (χ3n) is 3.67. The molecule has 0 spiro atoms. The Hall–Kier alpha value is -2.21. The standard InChI is InChI=1S/C17H20F2N2O2/c1-11(2)21-8-4-5-15(21)16(22)20-10-17(3,23)13-7-6-12(18)9-14(13)19/h4-9,11,23H,10H2,1-3H3,(H,20,22). The zero-order valence-corrected chi connectivity index (χ0v) is 13.3. The molecule has 1 atom stereocenters. The minimum atomic E-state index is -1.65. The van der Waals surface area contributed by atoms with E-state index in [4.69, 9.17) is 0 Å². The highest BCUT2D eigenvalue weighted by Crippen LogP contribution is 2.23. The summed E-state index contributed by atoms with van der Waals surface area (Å²) < 4.78 is 28.6. The molecule has 0 aliphatic heterocycles. The molecule has 6 heteroatoms. The van der Waals surface area contributed by atoms with Gasteiger partial charge in [-0.3, -0.25) is 4.79 Å². The van der Waals surface area contributed by atoms with Crippen LogP contribution >= 0.6 is 0 Å². The van der Waals surface area contributed by atoms with Crippen molar-refractivity contribution >= 4 is 5.91 Å². The van der Waals surface area contributed by atoms with Crippen molar-refractivity contribution in [2.45, 2.75) is 32.4 Å². The number of aromatic nitrogens is 1. The number of hydrogen-bond acceptors (Lipinski definition) is 2. The molecule has 0 saturated heterocycles. The van der Waals surface area contributed by atoms with Crippen molar-refractivity contribution in [3.63, 3.8) is 0 Å². The van der Waals surface area contributed by atoms with E-state index in [1.807, 2.05) is 13.8 Å². The number of hydrogen-bond donors (Lipinski definition) is 2. The molecule has 0 saturated carbocycles. The van der Waals surface area contributed by atoms with Crippen LogP contribution in [0.3, 0.4) is 0 Å². The van der Waals surface area contributed by atoms with Crippen LogP contribution in [-0.2, 0) is 5.60 Å². The predicted molar refractivity (Wildman–Crippen MR) is 83.1 cm³/mol. The van der Waals surface area contributed by atoms with E-state index in [0.717, 1.165) is 6.07 Å². The molecular weight excluding hydrogens is 302 g/mol. The lowest BCUT2D eigenvalue weighted by Crippen LogP contribution is -2.39. The first-order valence-corrected chi connectivity index (χ1v) is 7.35. The molecule has 1 amide bonds. The SMILES string of the molecule is CC(C)n1cccc1C(=O)NCC(C)(O)c1ccc(F)cc1F. The third-order valence-corrected chi connectivity index (χ3v) is 3.67. The molecule has 2 aromatic rings. The molecule has 1 aromatic heterocycles. The number of nitrogens with one attached hydrogen (secondary N) is 1. The summed E-state index contributed by atoms with van der Waals surface area (Å²) in [6.07, 6.45) is 1.79. The van der Waals surface area contributed by atoms with Crippen LogP contribution in [0.1, 0.15) is 42.9 Å². The summed E-state index contributed by atoms with van der Waals surface area (Å²) >= 11 is 0. The zero-order valence-electron chi connectivity index (χ0n) is 13.3. The molecule has 0 aliphatic rings. The highest BCUT2D eigenvalue weighted by atomic mass is 19.1. The molecule has 0 radical (unpaired) electrons. The first-order valence-electron chi connectivity index (χ1n) is 7.35. The van der Waals surface area contributed by atoms with Gasteiger partial charge in [0.05, 0.1) is 6.54 Å². The molecule has 124 valence electrons. The van der Waals surface area contributed by atoms with Crippen LogP contribution < -0.4 is 5.32 Å². The summed E-state index contributed by atoms with van der Waals surface area (Å²) in [6, 6.07) is 6.48. The Labute approximate surface area is 133 Å². The number of halogens is 2. The number of benzene rings is 1. The van der Waals surface area contributed by atoms with Gasteiger partial charge < -0.3 is 15.0 Å². The van der Waals surface area contributed by atoms with Crippen molar-refractivity contribution in [1.29, 1.82) is 0 Å². The van der Waals surface area contributed by atoms with E-state index in [1.165, 1.54) is 13.0 Å². The maximum Gasteiger partial charge on any atom is 0.268 e. The second kappa shape index (κ2) is 6.50. The Morgan fingerprint density at radius 2 is 2.04 bits per heavy atom. The Morgan fingerprint density at radius 3 is 2.65 bits per heavy atom. The van der Waals surface area contributed by atoms with Gasteiger partial charge in [0.1, 0.15) is 22.9 Å². The second-order valence-electron chi connectivity index (χ2n) is 5.98. The number of rotatable bonds is 5. The van der Waals surface area contributed by atoms with Gasteiger partial charge >= 0.3 is 0 Å². The Kier molecular flexibility index (Phi) is 4.85. The number of amides is 1. The van der Waals surface area contributed by atoms with Crippen LogP contribution in [0.2, 0.25) is 0 Å². The van der Waals surface area contributed by atoms with Gasteiger partial charge in [0.2, 0.25) is 0 Å². The number of nitrogens with zero attached hydrogens (tertiary/aromatic N) is 1. The van der Waals surface area contributed by atoms with Crippen molar-refractivity contribution in [2.75, 3.05) is 6.54 Å². The van der Waals surface area contributed by atoms with Crippen LogP contribution in [0, 0.1) is 11.6 Å². The molecule has 0 fully saturated rings. The smallest absolute Gasteiger partial charge is 0.268 e.